The topological polar surface area (TPSA) is 16.4 Å². The molecule has 2 heterocycles. The summed E-state index contributed by atoms with van der Waals surface area (Å²) in [6, 6.07) is 68.1. The van der Waals surface area contributed by atoms with Crippen molar-refractivity contribution in [1.29, 1.82) is 0 Å². The van der Waals surface area contributed by atoms with Crippen molar-refractivity contribution in [3.8, 4) is 22.3 Å². The van der Waals surface area contributed by atoms with Crippen LogP contribution < -0.4 is 4.90 Å². The zero-order valence-electron chi connectivity index (χ0n) is 28.7. The zero-order chi connectivity index (χ0) is 34.9. The Hall–Kier alpha value is -6.68. The van der Waals surface area contributed by atoms with Crippen molar-refractivity contribution in [3.63, 3.8) is 0 Å². The molecule has 0 radical (unpaired) electrons. The predicted octanol–water partition coefficient (Wildman–Crippen LogP) is 15.1. The van der Waals surface area contributed by atoms with E-state index in [0.29, 0.717) is 0 Å². The molecular formula is C50H31NOS. The van der Waals surface area contributed by atoms with Crippen LogP contribution in [0.25, 0.3) is 85.9 Å². The second kappa shape index (κ2) is 11.9. The van der Waals surface area contributed by atoms with Gasteiger partial charge in [-0.1, -0.05) is 121 Å². The summed E-state index contributed by atoms with van der Waals surface area (Å²) in [4.78, 5) is 2.39. The molecule has 9 aromatic carbocycles. The second-order valence-electron chi connectivity index (χ2n) is 13.7. The van der Waals surface area contributed by atoms with E-state index in [0.717, 1.165) is 39.0 Å². The van der Waals surface area contributed by atoms with Crippen LogP contribution in [-0.4, -0.2) is 0 Å². The van der Waals surface area contributed by atoms with Crippen LogP contribution in [0.15, 0.2) is 192 Å². The summed E-state index contributed by atoms with van der Waals surface area (Å²) in [5.41, 5.74) is 9.79. The Balaban J connectivity index is 1.10. The molecule has 0 aliphatic rings. The third kappa shape index (κ3) is 4.86. The van der Waals surface area contributed by atoms with Crippen LogP contribution in [0.4, 0.5) is 17.1 Å². The van der Waals surface area contributed by atoms with E-state index in [9.17, 15) is 0 Å². The number of para-hydroxylation sites is 1. The third-order valence-electron chi connectivity index (χ3n) is 10.6. The molecule has 0 aliphatic carbocycles. The highest BCUT2D eigenvalue weighted by atomic mass is 32.1. The van der Waals surface area contributed by atoms with E-state index in [4.69, 9.17) is 4.42 Å². The predicted molar refractivity (Wildman–Crippen MR) is 227 cm³/mol. The molecule has 11 aromatic rings. The molecule has 2 nitrogen and oxygen atoms in total. The number of anilines is 3. The van der Waals surface area contributed by atoms with E-state index in [1.165, 1.54) is 64.0 Å². The number of hydrogen-bond acceptors (Lipinski definition) is 3. The van der Waals surface area contributed by atoms with Crippen LogP contribution in [-0.2, 0) is 0 Å². The molecule has 248 valence electrons. The van der Waals surface area contributed by atoms with Gasteiger partial charge in [-0.2, -0.15) is 0 Å². The smallest absolute Gasteiger partial charge is 0.137 e. The highest BCUT2D eigenvalue weighted by Crippen LogP contribution is 2.45. The van der Waals surface area contributed by atoms with Gasteiger partial charge in [0.1, 0.15) is 11.2 Å². The van der Waals surface area contributed by atoms with Gasteiger partial charge in [0, 0.05) is 36.9 Å². The summed E-state index contributed by atoms with van der Waals surface area (Å²) >= 11 is 1.86. The van der Waals surface area contributed by atoms with Crippen molar-refractivity contribution < 1.29 is 4.42 Å². The monoisotopic (exact) mass is 693 g/mol. The van der Waals surface area contributed by atoms with Crippen LogP contribution in [0.5, 0.6) is 0 Å². The zero-order valence-corrected chi connectivity index (χ0v) is 29.5. The molecule has 2 aromatic heterocycles. The maximum Gasteiger partial charge on any atom is 0.137 e. The standard InChI is InChI=1S/C50H31NOS/c1-2-14-38-35(11-1)31-43(40-16-4-3-15-39(38)40)34-12-9-13-37(29-34)51(45-19-10-21-47-50(45)42-18-5-7-20-46(42)52-47)36-26-23-32(24-27-36)33-25-28-49-44(30-33)41-17-6-8-22-48(41)53-49/h1-31H. The molecule has 0 spiro atoms. The molecule has 11 rings (SSSR count). The van der Waals surface area contributed by atoms with Crippen LogP contribution in [0.2, 0.25) is 0 Å². The average molecular weight is 694 g/mol. The van der Waals surface area contributed by atoms with Crippen molar-refractivity contribution in [2.45, 2.75) is 0 Å². The van der Waals surface area contributed by atoms with Gasteiger partial charge in [-0.25, -0.2) is 0 Å². The van der Waals surface area contributed by atoms with Gasteiger partial charge in [0.15, 0.2) is 0 Å². The Kier molecular flexibility index (Phi) is 6.76. The summed E-state index contributed by atoms with van der Waals surface area (Å²) in [7, 11) is 0. The first-order valence-electron chi connectivity index (χ1n) is 18.0. The summed E-state index contributed by atoms with van der Waals surface area (Å²) in [6.45, 7) is 0. The SMILES string of the molecule is c1cc(-c2cc3ccccc3c3ccccc23)cc(N(c2ccc(-c3ccc4sc5ccccc5c4c3)cc2)c2cccc3oc4ccccc4c23)c1. The molecule has 0 bridgehead atoms. The van der Waals surface area contributed by atoms with Gasteiger partial charge < -0.3 is 9.32 Å². The lowest BCUT2D eigenvalue weighted by atomic mass is 9.93. The maximum atomic E-state index is 6.41. The second-order valence-corrected chi connectivity index (χ2v) is 14.8. The number of fused-ring (bicyclic) bond motifs is 9. The van der Waals surface area contributed by atoms with Crippen molar-refractivity contribution in [3.05, 3.63) is 188 Å². The molecule has 0 saturated carbocycles. The van der Waals surface area contributed by atoms with Crippen molar-refractivity contribution in [1.82, 2.24) is 0 Å². The van der Waals surface area contributed by atoms with E-state index < -0.39 is 0 Å². The largest absolute Gasteiger partial charge is 0.456 e. The van der Waals surface area contributed by atoms with E-state index in [1.54, 1.807) is 0 Å². The Labute approximate surface area is 310 Å². The number of benzene rings is 9. The first kappa shape index (κ1) is 30.0. The summed E-state index contributed by atoms with van der Waals surface area (Å²) in [6.07, 6.45) is 0. The number of nitrogens with zero attached hydrogens (tertiary/aromatic N) is 1. The normalized spacial score (nSPS) is 11.8. The summed E-state index contributed by atoms with van der Waals surface area (Å²) < 4.78 is 9.05. The Morgan fingerprint density at radius 3 is 1.94 bits per heavy atom. The quantitative estimate of drug-likeness (QED) is 0.167. The molecule has 0 N–H and O–H groups in total. The summed E-state index contributed by atoms with van der Waals surface area (Å²) in [5.74, 6) is 0. The van der Waals surface area contributed by atoms with Crippen molar-refractivity contribution >= 4 is 92.1 Å². The van der Waals surface area contributed by atoms with Crippen molar-refractivity contribution in [2.75, 3.05) is 4.90 Å². The molecule has 0 amide bonds. The van der Waals surface area contributed by atoms with E-state index in [2.05, 4.69) is 187 Å². The number of hydrogen-bond donors (Lipinski definition) is 0. The minimum absolute atomic E-state index is 0.873. The van der Waals surface area contributed by atoms with E-state index >= 15 is 0 Å². The highest BCUT2D eigenvalue weighted by Gasteiger charge is 2.20. The van der Waals surface area contributed by atoms with Gasteiger partial charge in [0.05, 0.1) is 11.1 Å². The van der Waals surface area contributed by atoms with Gasteiger partial charge in [-0.3, -0.25) is 0 Å². The average Bonchev–Trinajstić information content (AvgIpc) is 3.80. The first-order valence-corrected chi connectivity index (χ1v) is 18.8. The van der Waals surface area contributed by atoms with Gasteiger partial charge in [-0.15, -0.1) is 11.3 Å². The van der Waals surface area contributed by atoms with Gasteiger partial charge in [0.2, 0.25) is 0 Å². The fourth-order valence-electron chi connectivity index (χ4n) is 8.18. The Morgan fingerprint density at radius 2 is 1.06 bits per heavy atom. The minimum Gasteiger partial charge on any atom is -0.456 e. The van der Waals surface area contributed by atoms with Gasteiger partial charge in [-0.05, 0) is 111 Å². The van der Waals surface area contributed by atoms with Crippen LogP contribution in [0.3, 0.4) is 0 Å². The van der Waals surface area contributed by atoms with Gasteiger partial charge in [0.25, 0.3) is 0 Å². The van der Waals surface area contributed by atoms with E-state index in [1.807, 2.05) is 17.4 Å². The Bertz CT molecular complexity index is 3190. The van der Waals surface area contributed by atoms with E-state index in [-0.39, 0.29) is 0 Å². The fourth-order valence-corrected chi connectivity index (χ4v) is 9.27. The molecule has 53 heavy (non-hydrogen) atoms. The summed E-state index contributed by atoms with van der Waals surface area (Å²) in [5, 5.41) is 9.86. The number of furan rings is 1. The highest BCUT2D eigenvalue weighted by molar-refractivity contribution is 7.25. The molecule has 0 atom stereocenters. The lowest BCUT2D eigenvalue weighted by Crippen LogP contribution is -2.10. The number of rotatable bonds is 5. The molecule has 0 fully saturated rings. The molecular weight excluding hydrogens is 663 g/mol. The van der Waals surface area contributed by atoms with Crippen LogP contribution in [0.1, 0.15) is 0 Å². The maximum absolute atomic E-state index is 6.41. The Morgan fingerprint density at radius 1 is 0.377 bits per heavy atom. The fraction of sp³-hybridized carbons (Fsp3) is 0. The van der Waals surface area contributed by atoms with Crippen molar-refractivity contribution in [2.24, 2.45) is 0 Å². The lowest BCUT2D eigenvalue weighted by Gasteiger charge is -2.27. The third-order valence-corrected chi connectivity index (χ3v) is 11.8. The van der Waals surface area contributed by atoms with Gasteiger partial charge >= 0.3 is 0 Å². The molecule has 0 aliphatic heterocycles. The first-order chi connectivity index (χ1) is 26.3. The minimum atomic E-state index is 0.873. The number of thiophene rings is 1. The lowest BCUT2D eigenvalue weighted by molar-refractivity contribution is 0.669. The molecule has 0 saturated heterocycles. The van der Waals surface area contributed by atoms with Crippen LogP contribution in [0, 0.1) is 0 Å². The molecule has 3 heteroatoms. The van der Waals surface area contributed by atoms with Crippen LogP contribution >= 0.6 is 11.3 Å². The molecule has 0 unspecified atom stereocenters.